The molecule has 0 aliphatic carbocycles. The number of halogens is 2. The maximum Gasteiger partial charge on any atom is 0.241 e. The van der Waals surface area contributed by atoms with Crippen LogP contribution >= 0.6 is 15.9 Å². The lowest BCUT2D eigenvalue weighted by Crippen LogP contribution is -2.38. The van der Waals surface area contributed by atoms with Crippen molar-refractivity contribution in [1.82, 2.24) is 9.62 Å². The van der Waals surface area contributed by atoms with Crippen LogP contribution in [0.2, 0.25) is 0 Å². The van der Waals surface area contributed by atoms with E-state index in [1.807, 2.05) is 0 Å². The molecule has 1 amide bonds. The van der Waals surface area contributed by atoms with Crippen LogP contribution in [0.5, 0.6) is 0 Å². The molecule has 0 radical (unpaired) electrons. The van der Waals surface area contributed by atoms with E-state index in [2.05, 4.69) is 20.7 Å². The summed E-state index contributed by atoms with van der Waals surface area (Å²) in [5.41, 5.74) is 0. The first-order valence-corrected chi connectivity index (χ1v) is 9.40. The lowest BCUT2D eigenvalue weighted by molar-refractivity contribution is -0.130. The molecule has 5 nitrogen and oxygen atoms in total. The molecule has 1 N–H and O–H groups in total. The molecule has 1 aliphatic heterocycles. The number of hydrogen-bond donors (Lipinski definition) is 1. The molecule has 8 heteroatoms. The molecule has 1 aromatic rings. The quantitative estimate of drug-likeness (QED) is 0.835. The van der Waals surface area contributed by atoms with E-state index in [0.717, 1.165) is 31.4 Å². The van der Waals surface area contributed by atoms with E-state index in [1.165, 1.54) is 6.07 Å². The fourth-order valence-electron chi connectivity index (χ4n) is 2.36. The molecule has 0 bridgehead atoms. The molecule has 22 heavy (non-hydrogen) atoms. The fourth-order valence-corrected chi connectivity index (χ4v) is 4.43. The van der Waals surface area contributed by atoms with Crippen molar-refractivity contribution in [3.05, 3.63) is 28.5 Å². The first kappa shape index (κ1) is 17.4. The highest BCUT2D eigenvalue weighted by atomic mass is 79.9. The van der Waals surface area contributed by atoms with Gasteiger partial charge >= 0.3 is 0 Å². The molecular formula is C14H18BrFN2O3S. The van der Waals surface area contributed by atoms with Gasteiger partial charge in [-0.25, -0.2) is 17.5 Å². The third kappa shape index (κ3) is 4.50. The molecule has 1 aliphatic rings. The summed E-state index contributed by atoms with van der Waals surface area (Å²) in [6.07, 6.45) is 3.39. The number of carbonyl (C=O) groups excluding carboxylic acids is 1. The second kappa shape index (κ2) is 7.52. The zero-order chi connectivity index (χ0) is 16.2. The Bertz CT molecular complexity index is 651. The van der Waals surface area contributed by atoms with E-state index < -0.39 is 15.8 Å². The van der Waals surface area contributed by atoms with Gasteiger partial charge in [-0.1, -0.05) is 6.42 Å². The van der Waals surface area contributed by atoms with Crippen molar-refractivity contribution in [3.8, 4) is 0 Å². The Morgan fingerprint density at radius 2 is 2.05 bits per heavy atom. The van der Waals surface area contributed by atoms with Crippen LogP contribution in [0.15, 0.2) is 27.6 Å². The van der Waals surface area contributed by atoms with Gasteiger partial charge in [0.1, 0.15) is 5.82 Å². The number of nitrogens with one attached hydrogen (secondary N) is 1. The fraction of sp³-hybridized carbons (Fsp3) is 0.500. The number of rotatable bonds is 5. The van der Waals surface area contributed by atoms with Crippen molar-refractivity contribution in [3.63, 3.8) is 0 Å². The molecule has 1 aromatic carbocycles. The average Bonchev–Trinajstić information content (AvgIpc) is 2.63. The summed E-state index contributed by atoms with van der Waals surface area (Å²) in [4.78, 5) is 13.5. The number of benzene rings is 1. The van der Waals surface area contributed by atoms with Gasteiger partial charge in [-0.05, 0) is 47.0 Å². The summed E-state index contributed by atoms with van der Waals surface area (Å²) >= 11 is 3.05. The van der Waals surface area contributed by atoms with Crippen LogP contribution in [0.4, 0.5) is 4.39 Å². The average molecular weight is 393 g/mol. The Morgan fingerprint density at radius 1 is 1.27 bits per heavy atom. The lowest BCUT2D eigenvalue weighted by atomic mass is 10.2. The van der Waals surface area contributed by atoms with Crippen molar-refractivity contribution in [2.75, 3.05) is 19.6 Å². The second-order valence-electron chi connectivity index (χ2n) is 5.16. The predicted molar refractivity (Wildman–Crippen MR) is 84.3 cm³/mol. The minimum atomic E-state index is -3.74. The maximum atomic E-state index is 13.0. The van der Waals surface area contributed by atoms with Crippen LogP contribution in [0.1, 0.15) is 25.7 Å². The van der Waals surface area contributed by atoms with E-state index in [1.54, 1.807) is 4.90 Å². The summed E-state index contributed by atoms with van der Waals surface area (Å²) in [5.74, 6) is -0.444. The highest BCUT2D eigenvalue weighted by Crippen LogP contribution is 2.22. The maximum absolute atomic E-state index is 13.0. The minimum Gasteiger partial charge on any atom is -0.341 e. The summed E-state index contributed by atoms with van der Waals surface area (Å²) in [7, 11) is -3.74. The molecular weight excluding hydrogens is 375 g/mol. The van der Waals surface area contributed by atoms with Gasteiger partial charge in [0.05, 0.1) is 4.90 Å². The van der Waals surface area contributed by atoms with E-state index >= 15 is 0 Å². The van der Waals surface area contributed by atoms with Gasteiger partial charge < -0.3 is 4.90 Å². The molecule has 1 fully saturated rings. The summed E-state index contributed by atoms with van der Waals surface area (Å²) in [5, 5.41) is 0. The minimum absolute atomic E-state index is 0.0175. The van der Waals surface area contributed by atoms with Crippen LogP contribution in [0, 0.1) is 5.82 Å². The molecule has 2 rings (SSSR count). The summed E-state index contributed by atoms with van der Waals surface area (Å²) < 4.78 is 40.0. The number of likely N-dealkylation sites (tertiary alicyclic amines) is 1. The Morgan fingerprint density at radius 3 is 2.77 bits per heavy atom. The smallest absolute Gasteiger partial charge is 0.241 e. The van der Waals surface area contributed by atoms with E-state index in [0.29, 0.717) is 19.5 Å². The van der Waals surface area contributed by atoms with Gasteiger partial charge in [0.2, 0.25) is 15.9 Å². The number of nitrogens with zero attached hydrogens (tertiary/aromatic N) is 1. The van der Waals surface area contributed by atoms with Gasteiger partial charge in [-0.2, -0.15) is 0 Å². The van der Waals surface area contributed by atoms with Crippen molar-refractivity contribution < 1.29 is 17.6 Å². The van der Waals surface area contributed by atoms with Crippen LogP contribution in [-0.2, 0) is 14.8 Å². The van der Waals surface area contributed by atoms with E-state index in [-0.39, 0.29) is 21.8 Å². The second-order valence-corrected chi connectivity index (χ2v) is 7.75. The topological polar surface area (TPSA) is 66.5 Å². The molecule has 1 heterocycles. The number of sulfonamides is 1. The Balaban J connectivity index is 1.96. The third-order valence-electron chi connectivity index (χ3n) is 3.53. The number of amides is 1. The summed E-state index contributed by atoms with van der Waals surface area (Å²) in [6, 6.07) is 3.41. The van der Waals surface area contributed by atoms with E-state index in [4.69, 9.17) is 0 Å². The molecule has 122 valence electrons. The molecule has 1 saturated heterocycles. The zero-order valence-electron chi connectivity index (χ0n) is 12.0. The van der Waals surface area contributed by atoms with Gasteiger partial charge in [0.25, 0.3) is 0 Å². The molecule has 0 aromatic heterocycles. The molecule has 0 spiro atoms. The van der Waals surface area contributed by atoms with Gasteiger partial charge in [-0.15, -0.1) is 0 Å². The molecule has 0 atom stereocenters. The predicted octanol–water partition coefficient (Wildman–Crippen LogP) is 2.27. The van der Waals surface area contributed by atoms with Gasteiger partial charge in [-0.3, -0.25) is 4.79 Å². The van der Waals surface area contributed by atoms with Gasteiger partial charge in [0.15, 0.2) is 0 Å². The first-order chi connectivity index (χ1) is 10.4. The van der Waals surface area contributed by atoms with Crippen LogP contribution in [-0.4, -0.2) is 38.9 Å². The highest BCUT2D eigenvalue weighted by molar-refractivity contribution is 9.10. The number of hydrogen-bond acceptors (Lipinski definition) is 3. The first-order valence-electron chi connectivity index (χ1n) is 7.12. The summed E-state index contributed by atoms with van der Waals surface area (Å²) in [6.45, 7) is 1.15. The zero-order valence-corrected chi connectivity index (χ0v) is 14.4. The SMILES string of the molecule is O=C1CCCCCN1CCNS(=O)(=O)c1ccc(F)cc1Br. The largest absolute Gasteiger partial charge is 0.341 e. The Hall–Kier alpha value is -0.990. The monoisotopic (exact) mass is 392 g/mol. The van der Waals surface area contributed by atoms with E-state index in [9.17, 15) is 17.6 Å². The third-order valence-corrected chi connectivity index (χ3v) is 5.97. The van der Waals surface area contributed by atoms with Crippen molar-refractivity contribution in [2.45, 2.75) is 30.6 Å². The van der Waals surface area contributed by atoms with Crippen LogP contribution < -0.4 is 4.72 Å². The van der Waals surface area contributed by atoms with Crippen molar-refractivity contribution in [1.29, 1.82) is 0 Å². The lowest BCUT2D eigenvalue weighted by Gasteiger charge is -2.20. The molecule has 0 unspecified atom stereocenters. The van der Waals surface area contributed by atoms with Crippen molar-refractivity contribution in [2.24, 2.45) is 0 Å². The molecule has 0 saturated carbocycles. The van der Waals surface area contributed by atoms with Crippen LogP contribution in [0.25, 0.3) is 0 Å². The number of carbonyl (C=O) groups is 1. The Kier molecular flexibility index (Phi) is 5.94. The Labute approximate surface area is 138 Å². The van der Waals surface area contributed by atoms with Crippen molar-refractivity contribution >= 4 is 31.9 Å². The van der Waals surface area contributed by atoms with Gasteiger partial charge in [0, 0.05) is 30.5 Å². The highest BCUT2D eigenvalue weighted by Gasteiger charge is 2.20. The van der Waals surface area contributed by atoms with Crippen LogP contribution in [0.3, 0.4) is 0 Å². The standard InChI is InChI=1S/C14H18BrFN2O3S/c15-12-10-11(16)5-6-13(12)22(20,21)17-7-9-18-8-3-1-2-4-14(18)19/h5-6,10,17H,1-4,7-9H2. The normalized spacial score (nSPS) is 16.6.